The third-order valence-electron chi connectivity index (χ3n) is 1.78. The summed E-state index contributed by atoms with van der Waals surface area (Å²) in [7, 11) is 0. The zero-order valence-corrected chi connectivity index (χ0v) is 9.54. The smallest absolute Gasteiger partial charge is 0.0441 e. The molecule has 12 heavy (non-hydrogen) atoms. The van der Waals surface area contributed by atoms with Crippen LogP contribution >= 0.6 is 24.4 Å². The molecule has 0 aliphatic rings. The van der Waals surface area contributed by atoms with Crippen LogP contribution < -0.4 is 0 Å². The largest absolute Gasteiger partial charge is 0.396 e. The van der Waals surface area contributed by atoms with Gasteiger partial charge >= 0.3 is 0 Å². The average Bonchev–Trinajstić information content (AvgIpc) is 2.10. The van der Waals surface area contributed by atoms with Gasteiger partial charge in [0.1, 0.15) is 0 Å². The lowest BCUT2D eigenvalue weighted by Crippen LogP contribution is -2.06. The van der Waals surface area contributed by atoms with Crippen LogP contribution in [0.25, 0.3) is 0 Å². The number of rotatable bonds is 8. The molecule has 0 radical (unpaired) electrons. The first-order valence-electron chi connectivity index (χ1n) is 4.68. The van der Waals surface area contributed by atoms with Crippen molar-refractivity contribution >= 4 is 24.4 Å². The van der Waals surface area contributed by atoms with Crippen molar-refractivity contribution in [1.29, 1.82) is 0 Å². The summed E-state index contributed by atoms with van der Waals surface area (Å²) < 4.78 is 0. The number of unbranched alkanes of at least 4 members (excludes halogenated alkanes) is 1. The van der Waals surface area contributed by atoms with Crippen molar-refractivity contribution in [3.8, 4) is 0 Å². The first kappa shape index (κ1) is 12.7. The summed E-state index contributed by atoms with van der Waals surface area (Å²) in [6.07, 6.45) is 4.72. The van der Waals surface area contributed by atoms with Crippen molar-refractivity contribution in [2.45, 2.75) is 37.9 Å². The van der Waals surface area contributed by atoms with Crippen molar-refractivity contribution in [2.75, 3.05) is 18.1 Å². The third kappa shape index (κ3) is 7.32. The first-order valence-corrected chi connectivity index (χ1v) is 6.36. The predicted molar refractivity (Wildman–Crippen MR) is 61.3 cm³/mol. The molecule has 0 aromatic heterocycles. The molecular weight excluding hydrogens is 188 g/mol. The third-order valence-corrected chi connectivity index (χ3v) is 3.68. The van der Waals surface area contributed by atoms with Gasteiger partial charge in [-0.3, -0.25) is 0 Å². The van der Waals surface area contributed by atoms with Crippen molar-refractivity contribution in [1.82, 2.24) is 0 Å². The molecule has 0 aromatic carbocycles. The molecule has 74 valence electrons. The maximum Gasteiger partial charge on any atom is 0.0441 e. The number of thiol groups is 1. The highest BCUT2D eigenvalue weighted by Gasteiger charge is 2.06. The summed E-state index contributed by atoms with van der Waals surface area (Å²) in [5.41, 5.74) is 0. The van der Waals surface area contributed by atoms with E-state index >= 15 is 0 Å². The fourth-order valence-corrected chi connectivity index (χ4v) is 2.47. The van der Waals surface area contributed by atoms with Gasteiger partial charge in [-0.25, -0.2) is 0 Å². The SMILES string of the molecule is CCCCC(CCO)SCCS. The Hall–Kier alpha value is 0.660. The second-order valence-electron chi connectivity index (χ2n) is 2.87. The minimum absolute atomic E-state index is 0.327. The lowest BCUT2D eigenvalue weighted by atomic mass is 10.1. The van der Waals surface area contributed by atoms with Gasteiger partial charge in [0, 0.05) is 17.6 Å². The minimum Gasteiger partial charge on any atom is -0.396 e. The number of aliphatic hydroxyl groups excluding tert-OH is 1. The van der Waals surface area contributed by atoms with E-state index in [1.54, 1.807) is 0 Å². The number of thioether (sulfide) groups is 1. The molecule has 0 fully saturated rings. The average molecular weight is 208 g/mol. The molecule has 0 saturated heterocycles. The van der Waals surface area contributed by atoms with Crippen LogP contribution in [0.1, 0.15) is 32.6 Å². The zero-order chi connectivity index (χ0) is 9.23. The lowest BCUT2D eigenvalue weighted by Gasteiger charge is -2.13. The highest BCUT2D eigenvalue weighted by molar-refractivity contribution is 8.00. The van der Waals surface area contributed by atoms with Crippen LogP contribution in [0.15, 0.2) is 0 Å². The van der Waals surface area contributed by atoms with Crippen LogP contribution in [0, 0.1) is 0 Å². The molecule has 1 nitrogen and oxygen atoms in total. The highest BCUT2D eigenvalue weighted by atomic mass is 32.2. The van der Waals surface area contributed by atoms with Gasteiger partial charge in [0.2, 0.25) is 0 Å². The minimum atomic E-state index is 0.327. The van der Waals surface area contributed by atoms with E-state index in [1.165, 1.54) is 19.3 Å². The van der Waals surface area contributed by atoms with Gasteiger partial charge in [0.15, 0.2) is 0 Å². The summed E-state index contributed by atoms with van der Waals surface area (Å²) in [6.45, 7) is 2.53. The number of aliphatic hydroxyl groups is 1. The molecular formula is C9H20OS2. The summed E-state index contributed by atoms with van der Waals surface area (Å²) in [5, 5.41) is 9.46. The van der Waals surface area contributed by atoms with E-state index in [9.17, 15) is 0 Å². The molecule has 0 spiro atoms. The fraction of sp³-hybridized carbons (Fsp3) is 1.00. The molecule has 0 saturated carbocycles. The molecule has 0 heterocycles. The Morgan fingerprint density at radius 3 is 2.67 bits per heavy atom. The van der Waals surface area contributed by atoms with Crippen LogP contribution in [0.5, 0.6) is 0 Å². The van der Waals surface area contributed by atoms with Crippen molar-refractivity contribution in [2.24, 2.45) is 0 Å². The van der Waals surface area contributed by atoms with E-state index in [4.69, 9.17) is 5.11 Å². The Kier molecular flexibility index (Phi) is 10.3. The molecule has 1 N–H and O–H groups in total. The topological polar surface area (TPSA) is 20.2 Å². The van der Waals surface area contributed by atoms with E-state index < -0.39 is 0 Å². The summed E-state index contributed by atoms with van der Waals surface area (Å²) >= 11 is 6.12. The standard InChI is InChI=1S/C9H20OS2/c1-2-3-4-9(5-6-10)12-8-7-11/h9-11H,2-8H2,1H3. The van der Waals surface area contributed by atoms with Gasteiger partial charge in [-0.2, -0.15) is 24.4 Å². The Labute approximate surface area is 85.7 Å². The maximum atomic E-state index is 8.80. The highest BCUT2D eigenvalue weighted by Crippen LogP contribution is 2.20. The van der Waals surface area contributed by atoms with Crippen molar-refractivity contribution in [3.63, 3.8) is 0 Å². The van der Waals surface area contributed by atoms with Crippen LogP contribution in [-0.2, 0) is 0 Å². The quantitative estimate of drug-likeness (QED) is 0.598. The fourth-order valence-electron chi connectivity index (χ4n) is 1.11. The molecule has 0 aromatic rings. The van der Waals surface area contributed by atoms with Gasteiger partial charge in [-0.1, -0.05) is 19.8 Å². The molecule has 0 bridgehead atoms. The van der Waals surface area contributed by atoms with E-state index in [-0.39, 0.29) is 0 Å². The predicted octanol–water partition coefficient (Wildman–Crippen LogP) is 2.59. The number of hydrogen-bond donors (Lipinski definition) is 2. The summed E-state index contributed by atoms with van der Waals surface area (Å²) in [5.74, 6) is 2.05. The Morgan fingerprint density at radius 2 is 2.17 bits per heavy atom. The maximum absolute atomic E-state index is 8.80. The van der Waals surface area contributed by atoms with Crippen molar-refractivity contribution < 1.29 is 5.11 Å². The van der Waals surface area contributed by atoms with Crippen LogP contribution in [0.4, 0.5) is 0 Å². The molecule has 1 atom stereocenters. The Bertz CT molecular complexity index is 80.6. The Morgan fingerprint density at radius 1 is 1.42 bits per heavy atom. The summed E-state index contributed by atoms with van der Waals surface area (Å²) in [4.78, 5) is 0. The molecule has 0 aliphatic heterocycles. The van der Waals surface area contributed by atoms with Gasteiger partial charge in [0.25, 0.3) is 0 Å². The van der Waals surface area contributed by atoms with E-state index in [0.717, 1.165) is 17.9 Å². The van der Waals surface area contributed by atoms with Gasteiger partial charge in [-0.15, -0.1) is 0 Å². The molecule has 0 rings (SSSR count). The monoisotopic (exact) mass is 208 g/mol. The van der Waals surface area contributed by atoms with Gasteiger partial charge in [-0.05, 0) is 18.6 Å². The van der Waals surface area contributed by atoms with Crippen LogP contribution in [-0.4, -0.2) is 28.5 Å². The van der Waals surface area contributed by atoms with Crippen LogP contribution in [0.3, 0.4) is 0 Å². The zero-order valence-electron chi connectivity index (χ0n) is 7.83. The second-order valence-corrected chi connectivity index (χ2v) is 4.73. The van der Waals surface area contributed by atoms with Crippen LogP contribution in [0.2, 0.25) is 0 Å². The lowest BCUT2D eigenvalue weighted by molar-refractivity contribution is 0.285. The Balaban J connectivity index is 3.40. The molecule has 0 amide bonds. The second kappa shape index (κ2) is 9.75. The molecule has 3 heteroatoms. The molecule has 1 unspecified atom stereocenters. The van der Waals surface area contributed by atoms with E-state index in [2.05, 4.69) is 19.6 Å². The van der Waals surface area contributed by atoms with E-state index in [0.29, 0.717) is 11.9 Å². The summed E-state index contributed by atoms with van der Waals surface area (Å²) in [6, 6.07) is 0. The first-order chi connectivity index (χ1) is 5.85. The normalized spacial score (nSPS) is 13.2. The number of hydrogen-bond acceptors (Lipinski definition) is 3. The van der Waals surface area contributed by atoms with Crippen molar-refractivity contribution in [3.05, 3.63) is 0 Å². The van der Waals surface area contributed by atoms with E-state index in [1.807, 2.05) is 11.8 Å². The van der Waals surface area contributed by atoms with Gasteiger partial charge < -0.3 is 5.11 Å². The van der Waals surface area contributed by atoms with Gasteiger partial charge in [0.05, 0.1) is 0 Å². The molecule has 0 aliphatic carbocycles.